The molecule has 124 valence electrons. The van der Waals surface area contributed by atoms with E-state index in [9.17, 15) is 0 Å². The van der Waals surface area contributed by atoms with Crippen LogP contribution < -0.4 is 4.90 Å². The van der Waals surface area contributed by atoms with E-state index in [4.69, 9.17) is 9.78 Å². The van der Waals surface area contributed by atoms with Crippen LogP contribution >= 0.6 is 0 Å². The van der Waals surface area contributed by atoms with Gasteiger partial charge in [0, 0.05) is 38.3 Å². The van der Waals surface area contributed by atoms with Gasteiger partial charge in [-0.25, -0.2) is 4.98 Å². The lowest BCUT2D eigenvalue weighted by molar-refractivity contribution is 0.271. The van der Waals surface area contributed by atoms with E-state index in [-0.39, 0.29) is 0 Å². The second kappa shape index (κ2) is 6.57. The predicted octanol–water partition coefficient (Wildman–Crippen LogP) is 1.93. The molecule has 2 fully saturated rings. The molecule has 1 aliphatic heterocycles. The van der Waals surface area contributed by atoms with Gasteiger partial charge in [0.15, 0.2) is 5.82 Å². The normalized spacial score (nSPS) is 19.0. The van der Waals surface area contributed by atoms with Gasteiger partial charge in [-0.15, -0.1) is 0 Å². The molecule has 2 aromatic rings. The van der Waals surface area contributed by atoms with Gasteiger partial charge in [0.2, 0.25) is 5.89 Å². The van der Waals surface area contributed by atoms with E-state index in [1.54, 1.807) is 6.20 Å². The smallest absolute Gasteiger partial charge is 0.229 e. The van der Waals surface area contributed by atoms with Crippen molar-refractivity contribution in [3.05, 3.63) is 35.6 Å². The molecule has 0 N–H and O–H groups in total. The highest BCUT2D eigenvalue weighted by molar-refractivity contribution is 5.42. The van der Waals surface area contributed by atoms with Crippen LogP contribution in [0.3, 0.4) is 0 Å². The number of hydrogen-bond acceptors (Lipinski definition) is 7. The van der Waals surface area contributed by atoms with E-state index >= 15 is 0 Å². The topological polar surface area (TPSA) is 82.1 Å². The molecule has 0 unspecified atom stereocenters. The molecule has 1 saturated heterocycles. The van der Waals surface area contributed by atoms with Crippen LogP contribution in [0.15, 0.2) is 22.9 Å². The van der Waals surface area contributed by atoms with Crippen molar-refractivity contribution in [3.63, 3.8) is 0 Å². The zero-order valence-corrected chi connectivity index (χ0v) is 13.6. The van der Waals surface area contributed by atoms with Crippen molar-refractivity contribution in [2.75, 3.05) is 31.1 Å². The summed E-state index contributed by atoms with van der Waals surface area (Å²) in [7, 11) is 0. The van der Waals surface area contributed by atoms with Gasteiger partial charge in [0.1, 0.15) is 11.9 Å². The number of nitriles is 1. The molecule has 3 heterocycles. The van der Waals surface area contributed by atoms with Crippen molar-refractivity contribution in [1.29, 1.82) is 5.26 Å². The minimum atomic E-state index is 0.508. The van der Waals surface area contributed by atoms with Crippen molar-refractivity contribution >= 4 is 5.82 Å². The maximum atomic E-state index is 8.87. The van der Waals surface area contributed by atoms with Crippen LogP contribution in [-0.2, 0) is 6.54 Å². The molecule has 1 saturated carbocycles. The monoisotopic (exact) mass is 324 g/mol. The maximum Gasteiger partial charge on any atom is 0.229 e. The second-order valence-electron chi connectivity index (χ2n) is 6.46. The third-order valence-electron chi connectivity index (χ3n) is 4.56. The number of anilines is 1. The van der Waals surface area contributed by atoms with Crippen molar-refractivity contribution in [2.45, 2.75) is 31.7 Å². The summed E-state index contributed by atoms with van der Waals surface area (Å²) in [6.07, 6.45) is 5.06. The van der Waals surface area contributed by atoms with Gasteiger partial charge >= 0.3 is 0 Å². The molecule has 7 nitrogen and oxygen atoms in total. The molecule has 0 aromatic carbocycles. The fourth-order valence-corrected chi connectivity index (χ4v) is 3.03. The zero-order chi connectivity index (χ0) is 16.4. The summed E-state index contributed by atoms with van der Waals surface area (Å²) in [6, 6.07) is 5.86. The summed E-state index contributed by atoms with van der Waals surface area (Å²) in [5.41, 5.74) is 0.596. The lowest BCUT2D eigenvalue weighted by Gasteiger charge is -2.22. The quantitative estimate of drug-likeness (QED) is 0.849. The Bertz CT molecular complexity index is 730. The Labute approximate surface area is 140 Å². The number of rotatable bonds is 4. The molecule has 0 radical (unpaired) electrons. The minimum Gasteiger partial charge on any atom is -0.355 e. The van der Waals surface area contributed by atoms with Crippen molar-refractivity contribution < 1.29 is 4.52 Å². The van der Waals surface area contributed by atoms with E-state index in [0.29, 0.717) is 11.5 Å². The SMILES string of the molecule is N#Cc1ccc(N2CCCN(Cc3noc(C4CC4)n3)CC2)nc1. The molecule has 24 heavy (non-hydrogen) atoms. The Balaban J connectivity index is 1.35. The number of hydrogen-bond donors (Lipinski definition) is 0. The van der Waals surface area contributed by atoms with Crippen LogP contribution in [0.2, 0.25) is 0 Å². The number of pyridine rings is 1. The highest BCUT2D eigenvalue weighted by atomic mass is 16.5. The molecule has 7 heteroatoms. The van der Waals surface area contributed by atoms with E-state index in [0.717, 1.165) is 56.7 Å². The standard InChI is InChI=1S/C17H20N6O/c18-10-13-2-5-16(19-11-13)23-7-1-6-22(8-9-23)12-15-20-17(24-21-15)14-3-4-14/h2,5,11,14H,1,3-4,6-9,12H2. The highest BCUT2D eigenvalue weighted by Gasteiger charge is 2.30. The van der Waals surface area contributed by atoms with Crippen LogP contribution in [0.4, 0.5) is 5.82 Å². The Hall–Kier alpha value is -2.46. The lowest BCUT2D eigenvalue weighted by Crippen LogP contribution is -2.31. The van der Waals surface area contributed by atoms with Crippen LogP contribution in [0.5, 0.6) is 0 Å². The number of aromatic nitrogens is 3. The van der Waals surface area contributed by atoms with Gasteiger partial charge in [0.05, 0.1) is 12.1 Å². The van der Waals surface area contributed by atoms with Crippen molar-refractivity contribution in [1.82, 2.24) is 20.0 Å². The third kappa shape index (κ3) is 3.39. The molecule has 0 amide bonds. The molecule has 2 aliphatic rings. The van der Waals surface area contributed by atoms with Gasteiger partial charge < -0.3 is 9.42 Å². The lowest BCUT2D eigenvalue weighted by atomic mass is 10.3. The van der Waals surface area contributed by atoms with Crippen molar-refractivity contribution in [2.24, 2.45) is 0 Å². The summed E-state index contributed by atoms with van der Waals surface area (Å²) in [4.78, 5) is 13.6. The second-order valence-corrected chi connectivity index (χ2v) is 6.46. The summed E-state index contributed by atoms with van der Waals surface area (Å²) < 4.78 is 5.34. The summed E-state index contributed by atoms with van der Waals surface area (Å²) in [5, 5.41) is 13.0. The average molecular weight is 324 g/mol. The summed E-state index contributed by atoms with van der Waals surface area (Å²) in [5.74, 6) is 3.05. The Kier molecular flexibility index (Phi) is 4.13. The Morgan fingerprint density at radius 1 is 1.21 bits per heavy atom. The van der Waals surface area contributed by atoms with Crippen LogP contribution in [0, 0.1) is 11.3 Å². The first-order valence-corrected chi connectivity index (χ1v) is 8.48. The zero-order valence-electron chi connectivity index (χ0n) is 13.6. The first-order chi connectivity index (χ1) is 11.8. The fourth-order valence-electron chi connectivity index (χ4n) is 3.03. The van der Waals surface area contributed by atoms with Gasteiger partial charge in [0.25, 0.3) is 0 Å². The van der Waals surface area contributed by atoms with E-state index in [1.165, 1.54) is 12.8 Å². The Morgan fingerprint density at radius 2 is 2.12 bits per heavy atom. The van der Waals surface area contributed by atoms with Crippen molar-refractivity contribution in [3.8, 4) is 6.07 Å². The van der Waals surface area contributed by atoms with Gasteiger partial charge in [-0.1, -0.05) is 5.16 Å². The highest BCUT2D eigenvalue weighted by Crippen LogP contribution is 2.38. The van der Waals surface area contributed by atoms with Crippen LogP contribution in [0.25, 0.3) is 0 Å². The predicted molar refractivity (Wildman–Crippen MR) is 87.3 cm³/mol. The minimum absolute atomic E-state index is 0.508. The summed E-state index contributed by atoms with van der Waals surface area (Å²) >= 11 is 0. The average Bonchev–Trinajstić information content (AvgIpc) is 3.40. The van der Waals surface area contributed by atoms with E-state index < -0.39 is 0 Å². The molecule has 0 bridgehead atoms. The summed E-state index contributed by atoms with van der Waals surface area (Å²) in [6.45, 7) is 4.57. The van der Waals surface area contributed by atoms with Crippen LogP contribution in [-0.4, -0.2) is 46.2 Å². The molecule has 0 spiro atoms. The van der Waals surface area contributed by atoms with Crippen LogP contribution in [0.1, 0.15) is 42.5 Å². The molecule has 0 atom stereocenters. The van der Waals surface area contributed by atoms with E-state index in [1.807, 2.05) is 12.1 Å². The first-order valence-electron chi connectivity index (χ1n) is 8.48. The van der Waals surface area contributed by atoms with Gasteiger partial charge in [-0.3, -0.25) is 4.90 Å². The van der Waals surface area contributed by atoms with E-state index in [2.05, 4.69) is 31.0 Å². The first kappa shape index (κ1) is 15.1. The maximum absolute atomic E-state index is 8.87. The third-order valence-corrected chi connectivity index (χ3v) is 4.56. The van der Waals surface area contributed by atoms with Gasteiger partial charge in [-0.2, -0.15) is 10.2 Å². The fraction of sp³-hybridized carbons (Fsp3) is 0.529. The van der Waals surface area contributed by atoms with Gasteiger partial charge in [-0.05, 0) is 31.4 Å². The Morgan fingerprint density at radius 3 is 2.88 bits per heavy atom. The molecule has 1 aliphatic carbocycles. The number of nitrogens with zero attached hydrogens (tertiary/aromatic N) is 6. The molecule has 2 aromatic heterocycles. The molecular weight excluding hydrogens is 304 g/mol. The largest absolute Gasteiger partial charge is 0.355 e. The molecular formula is C17H20N6O. The molecule has 4 rings (SSSR count).